The lowest BCUT2D eigenvalue weighted by Crippen LogP contribution is -2.38. The van der Waals surface area contributed by atoms with Gasteiger partial charge in [0.05, 0.1) is 27.8 Å². The van der Waals surface area contributed by atoms with E-state index in [4.69, 9.17) is 4.74 Å². The van der Waals surface area contributed by atoms with Crippen molar-refractivity contribution in [2.24, 2.45) is 0 Å². The largest absolute Gasteiger partial charge is 0.494 e. The number of nitrogens with zero attached hydrogens (tertiary/aromatic N) is 1. The summed E-state index contributed by atoms with van der Waals surface area (Å²) in [7, 11) is -7.99. The maximum atomic E-state index is 13.7. The predicted octanol–water partition coefficient (Wildman–Crippen LogP) is 5.65. The summed E-state index contributed by atoms with van der Waals surface area (Å²) >= 11 is 0. The third-order valence-corrected chi connectivity index (χ3v) is 9.59. The molecule has 0 spiro atoms. The van der Waals surface area contributed by atoms with Crippen molar-refractivity contribution in [3.8, 4) is 5.75 Å². The van der Waals surface area contributed by atoms with Crippen LogP contribution in [0.25, 0.3) is 0 Å². The van der Waals surface area contributed by atoms with Gasteiger partial charge >= 0.3 is 0 Å². The van der Waals surface area contributed by atoms with Gasteiger partial charge in [0.1, 0.15) is 12.3 Å². The van der Waals surface area contributed by atoms with Crippen LogP contribution in [0.4, 0.5) is 17.1 Å². The van der Waals surface area contributed by atoms with E-state index in [9.17, 15) is 21.6 Å². The number of nitrogens with one attached hydrogen (secondary N) is 2. The SMILES string of the molecule is CCOc1ccc(S(=O)(=O)N(CC(=O)Nc2ccc(S(=O)(=O)Nc3cc(C)ccc3C)cc2)c2ccc(C)cc2)cc1. The number of hydrogen-bond donors (Lipinski definition) is 2. The van der Waals surface area contributed by atoms with Crippen LogP contribution in [-0.2, 0) is 24.8 Å². The molecule has 0 aliphatic carbocycles. The average molecular weight is 608 g/mol. The number of sulfonamides is 2. The van der Waals surface area contributed by atoms with Crippen molar-refractivity contribution in [1.29, 1.82) is 0 Å². The molecule has 220 valence electrons. The highest BCUT2D eigenvalue weighted by molar-refractivity contribution is 7.93. The monoisotopic (exact) mass is 607 g/mol. The molecular weight excluding hydrogens is 574 g/mol. The minimum absolute atomic E-state index is 0.00485. The van der Waals surface area contributed by atoms with E-state index in [0.717, 1.165) is 21.0 Å². The summed E-state index contributed by atoms with van der Waals surface area (Å²) in [5, 5.41) is 2.67. The minimum atomic E-state index is -4.12. The van der Waals surface area contributed by atoms with Crippen LogP contribution in [0.3, 0.4) is 0 Å². The Balaban J connectivity index is 1.53. The second kappa shape index (κ2) is 12.7. The van der Waals surface area contributed by atoms with E-state index in [-0.39, 0.29) is 9.79 Å². The van der Waals surface area contributed by atoms with Gasteiger partial charge < -0.3 is 10.1 Å². The van der Waals surface area contributed by atoms with Gasteiger partial charge in [-0.1, -0.05) is 29.8 Å². The topological polar surface area (TPSA) is 122 Å². The Hall–Kier alpha value is -4.35. The van der Waals surface area contributed by atoms with Gasteiger partial charge in [-0.25, -0.2) is 16.8 Å². The number of rotatable bonds is 11. The number of aryl methyl sites for hydroxylation is 3. The Morgan fingerprint density at radius 2 is 1.36 bits per heavy atom. The summed E-state index contributed by atoms with van der Waals surface area (Å²) in [6.07, 6.45) is 0. The summed E-state index contributed by atoms with van der Waals surface area (Å²) in [6, 6.07) is 23.9. The van der Waals surface area contributed by atoms with Crippen LogP contribution in [0.15, 0.2) is 101 Å². The fourth-order valence-corrected chi connectivity index (χ4v) is 6.67. The van der Waals surface area contributed by atoms with Crippen LogP contribution in [0, 0.1) is 20.8 Å². The second-order valence-electron chi connectivity index (χ2n) is 9.75. The first kappa shape index (κ1) is 30.6. The normalized spacial score (nSPS) is 11.5. The quantitative estimate of drug-likeness (QED) is 0.227. The van der Waals surface area contributed by atoms with Crippen molar-refractivity contribution < 1.29 is 26.4 Å². The fourth-order valence-electron chi connectivity index (χ4n) is 4.13. The molecule has 0 aromatic heterocycles. The van der Waals surface area contributed by atoms with E-state index >= 15 is 0 Å². The summed E-state index contributed by atoms with van der Waals surface area (Å²) < 4.78 is 62.3. The number of carbonyl (C=O) groups is 1. The third kappa shape index (κ3) is 7.29. The molecule has 0 unspecified atom stereocenters. The van der Waals surface area contributed by atoms with Gasteiger partial charge in [0, 0.05) is 5.69 Å². The lowest BCUT2D eigenvalue weighted by atomic mass is 10.1. The van der Waals surface area contributed by atoms with Crippen LogP contribution in [0.1, 0.15) is 23.6 Å². The summed E-state index contributed by atoms with van der Waals surface area (Å²) in [5.74, 6) is -0.0695. The van der Waals surface area contributed by atoms with Crippen molar-refractivity contribution in [3.63, 3.8) is 0 Å². The summed E-state index contributed by atoms with van der Waals surface area (Å²) in [5.41, 5.74) is 3.75. The first-order chi connectivity index (χ1) is 19.9. The van der Waals surface area contributed by atoms with E-state index < -0.39 is 32.5 Å². The van der Waals surface area contributed by atoms with E-state index in [1.54, 1.807) is 42.5 Å². The fraction of sp³-hybridized carbons (Fsp3) is 0.194. The molecular formula is C31H33N3O6S2. The van der Waals surface area contributed by atoms with Gasteiger partial charge in [-0.2, -0.15) is 0 Å². The zero-order chi connectivity index (χ0) is 30.5. The number of anilines is 3. The second-order valence-corrected chi connectivity index (χ2v) is 13.3. The molecule has 4 aromatic carbocycles. The standard InChI is InChI=1S/C31H33N3O6S2/c1-5-40-27-14-18-29(19-15-27)42(38,39)34(26-12-7-22(2)8-13-26)21-31(35)32-25-10-16-28(17-11-25)41(36,37)33-30-20-23(3)6-9-24(30)4/h6-20,33H,5,21H2,1-4H3,(H,32,35). The molecule has 0 heterocycles. The highest BCUT2D eigenvalue weighted by atomic mass is 32.2. The number of carbonyl (C=O) groups excluding carboxylic acids is 1. The molecule has 1 amide bonds. The average Bonchev–Trinajstić information content (AvgIpc) is 2.95. The molecule has 0 aliphatic heterocycles. The summed E-state index contributed by atoms with van der Waals surface area (Å²) in [4.78, 5) is 13.1. The Morgan fingerprint density at radius 3 is 1.98 bits per heavy atom. The molecule has 4 rings (SSSR count). The van der Waals surface area contributed by atoms with Crippen molar-refractivity contribution in [2.45, 2.75) is 37.5 Å². The Kier molecular flexibility index (Phi) is 9.23. The third-order valence-electron chi connectivity index (χ3n) is 6.42. The summed E-state index contributed by atoms with van der Waals surface area (Å²) in [6.45, 7) is 7.33. The van der Waals surface area contributed by atoms with E-state index in [0.29, 0.717) is 29.4 Å². The van der Waals surface area contributed by atoms with Crippen LogP contribution in [0.5, 0.6) is 5.75 Å². The van der Waals surface area contributed by atoms with Crippen LogP contribution in [-0.4, -0.2) is 35.9 Å². The molecule has 42 heavy (non-hydrogen) atoms. The molecule has 2 N–H and O–H groups in total. The first-order valence-electron chi connectivity index (χ1n) is 13.2. The molecule has 0 fully saturated rings. The van der Waals surface area contributed by atoms with Gasteiger partial charge in [-0.3, -0.25) is 13.8 Å². The lowest BCUT2D eigenvalue weighted by molar-refractivity contribution is -0.114. The Morgan fingerprint density at radius 1 is 0.762 bits per heavy atom. The molecule has 0 saturated carbocycles. The highest BCUT2D eigenvalue weighted by Gasteiger charge is 2.27. The molecule has 0 bridgehead atoms. The van der Waals surface area contributed by atoms with E-state index in [1.807, 2.05) is 39.8 Å². The number of ether oxygens (including phenoxy) is 1. The number of amides is 1. The molecule has 11 heteroatoms. The smallest absolute Gasteiger partial charge is 0.264 e. The molecule has 0 radical (unpaired) electrons. The van der Waals surface area contributed by atoms with Gasteiger partial charge in [0.15, 0.2) is 0 Å². The lowest BCUT2D eigenvalue weighted by Gasteiger charge is -2.24. The molecule has 0 atom stereocenters. The van der Waals surface area contributed by atoms with Gasteiger partial charge in [0.25, 0.3) is 20.0 Å². The molecule has 0 saturated heterocycles. The van der Waals surface area contributed by atoms with Crippen molar-refractivity contribution >= 4 is 43.0 Å². The maximum absolute atomic E-state index is 13.7. The van der Waals surface area contributed by atoms with E-state index in [2.05, 4.69) is 10.0 Å². The molecule has 9 nitrogen and oxygen atoms in total. The highest BCUT2D eigenvalue weighted by Crippen LogP contribution is 2.26. The molecule has 0 aliphatic rings. The van der Waals surface area contributed by atoms with Crippen molar-refractivity contribution in [1.82, 2.24) is 0 Å². The van der Waals surface area contributed by atoms with Crippen LogP contribution in [0.2, 0.25) is 0 Å². The Labute approximate surface area is 247 Å². The number of benzene rings is 4. The minimum Gasteiger partial charge on any atom is -0.494 e. The first-order valence-corrected chi connectivity index (χ1v) is 16.1. The predicted molar refractivity (Wildman–Crippen MR) is 165 cm³/mol. The molecule has 4 aromatic rings. The van der Waals surface area contributed by atoms with Crippen molar-refractivity contribution in [3.05, 3.63) is 108 Å². The zero-order valence-electron chi connectivity index (χ0n) is 23.8. The van der Waals surface area contributed by atoms with Gasteiger partial charge in [-0.15, -0.1) is 0 Å². The maximum Gasteiger partial charge on any atom is 0.264 e. The zero-order valence-corrected chi connectivity index (χ0v) is 25.4. The Bertz CT molecular complexity index is 1770. The van der Waals surface area contributed by atoms with Crippen LogP contribution < -0.4 is 19.1 Å². The van der Waals surface area contributed by atoms with Gasteiger partial charge in [-0.05, 0) is 106 Å². The van der Waals surface area contributed by atoms with Gasteiger partial charge in [0.2, 0.25) is 5.91 Å². The number of hydrogen-bond acceptors (Lipinski definition) is 6. The van der Waals surface area contributed by atoms with Crippen LogP contribution >= 0.6 is 0 Å². The van der Waals surface area contributed by atoms with Crippen molar-refractivity contribution in [2.75, 3.05) is 27.5 Å². The van der Waals surface area contributed by atoms with E-state index in [1.165, 1.54) is 36.4 Å².